The zero-order valence-electron chi connectivity index (χ0n) is 9.68. The molecule has 2 aliphatic rings. The molecule has 1 fully saturated rings. The van der Waals surface area contributed by atoms with Gasteiger partial charge in [-0.15, -0.1) is 0 Å². The Hall–Kier alpha value is -1.31. The summed E-state index contributed by atoms with van der Waals surface area (Å²) >= 11 is 0. The van der Waals surface area contributed by atoms with Gasteiger partial charge in [-0.25, -0.2) is 0 Å². The zero-order chi connectivity index (χ0) is 11.2. The first-order chi connectivity index (χ1) is 7.70. The van der Waals surface area contributed by atoms with Crippen LogP contribution in [0.4, 0.5) is 0 Å². The van der Waals surface area contributed by atoms with Crippen molar-refractivity contribution in [2.75, 3.05) is 0 Å². The van der Waals surface area contributed by atoms with E-state index in [2.05, 4.69) is 18.3 Å². The van der Waals surface area contributed by atoms with E-state index in [0.29, 0.717) is 0 Å². The lowest BCUT2D eigenvalue weighted by Gasteiger charge is -2.36. The molecular weight excluding hydrogens is 198 g/mol. The highest BCUT2D eigenvalue weighted by molar-refractivity contribution is 5.97. The van der Waals surface area contributed by atoms with E-state index in [9.17, 15) is 4.79 Å². The summed E-state index contributed by atoms with van der Waals surface area (Å²) in [6.07, 6.45) is 5.82. The minimum absolute atomic E-state index is 0.0796. The molecule has 1 aromatic carbocycles. The molecule has 1 aliphatic heterocycles. The minimum Gasteiger partial charge on any atom is -0.346 e. The molecule has 84 valence electrons. The summed E-state index contributed by atoms with van der Waals surface area (Å²) in [5, 5.41) is 3.24. The molecule has 3 rings (SSSR count). The quantitative estimate of drug-likeness (QED) is 0.708. The molecule has 0 saturated heterocycles. The van der Waals surface area contributed by atoms with Crippen LogP contribution in [0.25, 0.3) is 0 Å². The minimum atomic E-state index is 0.0796. The molecule has 0 unspecified atom stereocenters. The fourth-order valence-corrected chi connectivity index (χ4v) is 3.19. The van der Waals surface area contributed by atoms with Gasteiger partial charge in [-0.2, -0.15) is 0 Å². The Morgan fingerprint density at radius 3 is 2.75 bits per heavy atom. The van der Waals surface area contributed by atoms with Crippen molar-refractivity contribution in [3.05, 3.63) is 34.9 Å². The van der Waals surface area contributed by atoms with Gasteiger partial charge in [0, 0.05) is 11.1 Å². The summed E-state index contributed by atoms with van der Waals surface area (Å²) in [5.41, 5.74) is 3.50. The first-order valence-electron chi connectivity index (χ1n) is 6.11. The second-order valence-electron chi connectivity index (χ2n) is 5.22. The van der Waals surface area contributed by atoms with Crippen molar-refractivity contribution >= 4 is 5.91 Å². The molecular formula is C14H17NO. The Kier molecular flexibility index (Phi) is 2.06. The van der Waals surface area contributed by atoms with Crippen LogP contribution in [-0.2, 0) is 6.42 Å². The standard InChI is InChI=1S/C14H17NO/c1-10-5-4-6-11-12(10)9-14(15-13(11)16)7-2-3-8-14/h4-6H,2-3,7-9H2,1H3,(H,15,16). The molecule has 1 aliphatic carbocycles. The third-order valence-corrected chi connectivity index (χ3v) is 4.11. The van der Waals surface area contributed by atoms with Crippen LogP contribution in [0.5, 0.6) is 0 Å². The lowest BCUT2D eigenvalue weighted by molar-refractivity contribution is 0.0880. The molecule has 1 aromatic rings. The van der Waals surface area contributed by atoms with Crippen molar-refractivity contribution < 1.29 is 4.79 Å². The van der Waals surface area contributed by atoms with E-state index in [4.69, 9.17) is 0 Å². The van der Waals surface area contributed by atoms with Gasteiger partial charge in [-0.1, -0.05) is 25.0 Å². The van der Waals surface area contributed by atoms with E-state index < -0.39 is 0 Å². The summed E-state index contributed by atoms with van der Waals surface area (Å²) in [4.78, 5) is 12.1. The summed E-state index contributed by atoms with van der Waals surface area (Å²) in [5.74, 6) is 0.131. The predicted molar refractivity (Wildman–Crippen MR) is 63.5 cm³/mol. The Balaban J connectivity index is 2.07. The van der Waals surface area contributed by atoms with Crippen LogP contribution in [0, 0.1) is 6.92 Å². The molecule has 0 aromatic heterocycles. The maximum absolute atomic E-state index is 12.1. The number of hydrogen-bond donors (Lipinski definition) is 1. The Bertz CT molecular complexity index is 444. The van der Waals surface area contributed by atoms with Gasteiger partial charge in [0.05, 0.1) is 0 Å². The summed E-state index contributed by atoms with van der Waals surface area (Å²) < 4.78 is 0. The molecule has 2 nitrogen and oxygen atoms in total. The summed E-state index contributed by atoms with van der Waals surface area (Å²) in [6, 6.07) is 6.03. The van der Waals surface area contributed by atoms with E-state index in [1.165, 1.54) is 24.0 Å². The van der Waals surface area contributed by atoms with E-state index in [1.54, 1.807) is 0 Å². The number of carbonyl (C=O) groups excluding carboxylic acids is 1. The van der Waals surface area contributed by atoms with E-state index in [0.717, 1.165) is 24.8 Å². The Labute approximate surface area is 96.1 Å². The van der Waals surface area contributed by atoms with Crippen LogP contribution in [-0.4, -0.2) is 11.4 Å². The van der Waals surface area contributed by atoms with Gasteiger partial charge in [0.25, 0.3) is 5.91 Å². The number of amides is 1. The highest BCUT2D eigenvalue weighted by atomic mass is 16.1. The smallest absolute Gasteiger partial charge is 0.252 e. The van der Waals surface area contributed by atoms with Gasteiger partial charge in [-0.05, 0) is 43.4 Å². The molecule has 1 saturated carbocycles. The number of rotatable bonds is 0. The van der Waals surface area contributed by atoms with Crippen LogP contribution in [0.2, 0.25) is 0 Å². The van der Waals surface area contributed by atoms with Crippen LogP contribution in [0.15, 0.2) is 18.2 Å². The maximum atomic E-state index is 12.1. The van der Waals surface area contributed by atoms with Gasteiger partial charge in [0.2, 0.25) is 0 Å². The van der Waals surface area contributed by atoms with Crippen molar-refractivity contribution in [2.24, 2.45) is 0 Å². The van der Waals surface area contributed by atoms with Crippen molar-refractivity contribution in [2.45, 2.75) is 44.6 Å². The average molecular weight is 215 g/mol. The Morgan fingerprint density at radius 1 is 1.25 bits per heavy atom. The normalized spacial score (nSPS) is 21.9. The van der Waals surface area contributed by atoms with Crippen LogP contribution >= 0.6 is 0 Å². The molecule has 0 bridgehead atoms. The number of benzene rings is 1. The number of nitrogens with one attached hydrogen (secondary N) is 1. The molecule has 1 amide bonds. The molecule has 1 N–H and O–H groups in total. The Morgan fingerprint density at radius 2 is 2.00 bits per heavy atom. The fraction of sp³-hybridized carbons (Fsp3) is 0.500. The topological polar surface area (TPSA) is 29.1 Å². The van der Waals surface area contributed by atoms with E-state index in [1.807, 2.05) is 12.1 Å². The molecule has 1 spiro atoms. The fourth-order valence-electron chi connectivity index (χ4n) is 3.19. The van der Waals surface area contributed by atoms with Crippen LogP contribution < -0.4 is 5.32 Å². The largest absolute Gasteiger partial charge is 0.346 e. The SMILES string of the molecule is Cc1cccc2c1CC1(CCCC1)NC2=O. The van der Waals surface area contributed by atoms with Gasteiger partial charge >= 0.3 is 0 Å². The van der Waals surface area contributed by atoms with Crippen molar-refractivity contribution in [1.29, 1.82) is 0 Å². The average Bonchev–Trinajstić information content (AvgIpc) is 2.68. The van der Waals surface area contributed by atoms with Gasteiger partial charge in [0.15, 0.2) is 0 Å². The summed E-state index contributed by atoms with van der Waals surface area (Å²) in [7, 11) is 0. The maximum Gasteiger partial charge on any atom is 0.252 e. The number of hydrogen-bond acceptors (Lipinski definition) is 1. The molecule has 16 heavy (non-hydrogen) atoms. The lowest BCUT2D eigenvalue weighted by Crippen LogP contribution is -2.51. The third kappa shape index (κ3) is 1.36. The van der Waals surface area contributed by atoms with E-state index >= 15 is 0 Å². The van der Waals surface area contributed by atoms with Crippen LogP contribution in [0.3, 0.4) is 0 Å². The molecule has 0 atom stereocenters. The van der Waals surface area contributed by atoms with Gasteiger partial charge in [0.1, 0.15) is 0 Å². The van der Waals surface area contributed by atoms with Crippen molar-refractivity contribution in [3.63, 3.8) is 0 Å². The van der Waals surface area contributed by atoms with E-state index in [-0.39, 0.29) is 11.4 Å². The van der Waals surface area contributed by atoms with Gasteiger partial charge in [-0.3, -0.25) is 4.79 Å². The lowest BCUT2D eigenvalue weighted by atomic mass is 9.81. The van der Waals surface area contributed by atoms with Crippen LogP contribution in [0.1, 0.15) is 47.2 Å². The second kappa shape index (κ2) is 3.34. The van der Waals surface area contributed by atoms with Crippen molar-refractivity contribution in [1.82, 2.24) is 5.32 Å². The highest BCUT2D eigenvalue weighted by Gasteiger charge is 2.40. The molecule has 1 heterocycles. The molecule has 2 heteroatoms. The zero-order valence-corrected chi connectivity index (χ0v) is 9.68. The number of fused-ring (bicyclic) bond motifs is 1. The van der Waals surface area contributed by atoms with Gasteiger partial charge < -0.3 is 5.32 Å². The first kappa shape index (κ1) is 9.88. The number of aryl methyl sites for hydroxylation is 1. The third-order valence-electron chi connectivity index (χ3n) is 4.11. The summed E-state index contributed by atoms with van der Waals surface area (Å²) in [6.45, 7) is 2.11. The highest BCUT2D eigenvalue weighted by Crippen LogP contribution is 2.37. The van der Waals surface area contributed by atoms with Crippen molar-refractivity contribution in [3.8, 4) is 0 Å². The second-order valence-corrected chi connectivity index (χ2v) is 5.22. The predicted octanol–water partition coefficient (Wildman–Crippen LogP) is 2.59. The first-order valence-corrected chi connectivity index (χ1v) is 6.11. The number of carbonyl (C=O) groups is 1. The molecule has 0 radical (unpaired) electrons. The monoisotopic (exact) mass is 215 g/mol.